The van der Waals surface area contributed by atoms with Crippen LogP contribution in [0.3, 0.4) is 0 Å². The maximum Gasteiger partial charge on any atom is 0.339 e. The largest absolute Gasteiger partial charge is 0.493 e. The molecule has 1 atom stereocenters. The summed E-state index contributed by atoms with van der Waals surface area (Å²) in [5.41, 5.74) is 4.95. The van der Waals surface area contributed by atoms with Crippen LogP contribution in [0.25, 0.3) is 0 Å². The van der Waals surface area contributed by atoms with Crippen LogP contribution in [0.5, 0.6) is 17.2 Å². The van der Waals surface area contributed by atoms with Crippen LogP contribution in [0.15, 0.2) is 42.5 Å². The van der Waals surface area contributed by atoms with Crippen LogP contribution in [0.2, 0.25) is 0 Å². The van der Waals surface area contributed by atoms with Crippen molar-refractivity contribution in [2.24, 2.45) is 0 Å². The fourth-order valence-electron chi connectivity index (χ4n) is 2.36. The predicted octanol–water partition coefficient (Wildman–Crippen LogP) is 1.72. The van der Waals surface area contributed by atoms with Crippen molar-refractivity contribution >= 4 is 17.8 Å². The number of hydrazine groups is 1. The molecule has 0 spiro atoms. The molecule has 0 aliphatic rings. The quantitative estimate of drug-likeness (QED) is 0.536. The molecule has 2 N–H and O–H groups in total. The molecule has 154 valence electrons. The Morgan fingerprint density at radius 1 is 0.828 bits per heavy atom. The fourth-order valence-corrected chi connectivity index (χ4v) is 2.36. The molecule has 9 nitrogen and oxygen atoms in total. The number of carbonyl (C=O) groups excluding carboxylic acids is 3. The van der Waals surface area contributed by atoms with Gasteiger partial charge in [0.1, 0.15) is 0 Å². The number of rotatable bonds is 7. The number of carbonyl (C=O) groups is 3. The summed E-state index contributed by atoms with van der Waals surface area (Å²) in [5.74, 6) is -1.11. The SMILES string of the molecule is COc1cc(C(=O)O[C@H](C)C(=O)NNC(=O)c2ccccc2)cc(OC)c1OC. The number of methoxy groups -OCH3 is 3. The number of esters is 1. The Bertz CT molecular complexity index is 859. The highest BCUT2D eigenvalue weighted by Crippen LogP contribution is 2.38. The number of hydrogen-bond acceptors (Lipinski definition) is 7. The average molecular weight is 402 g/mol. The van der Waals surface area contributed by atoms with E-state index in [0.29, 0.717) is 11.3 Å². The lowest BCUT2D eigenvalue weighted by Crippen LogP contribution is -2.46. The van der Waals surface area contributed by atoms with Crippen molar-refractivity contribution in [3.63, 3.8) is 0 Å². The van der Waals surface area contributed by atoms with Gasteiger partial charge in [-0.25, -0.2) is 4.79 Å². The van der Waals surface area contributed by atoms with Gasteiger partial charge in [-0.15, -0.1) is 0 Å². The van der Waals surface area contributed by atoms with Crippen LogP contribution in [-0.2, 0) is 9.53 Å². The smallest absolute Gasteiger partial charge is 0.339 e. The number of ether oxygens (including phenoxy) is 4. The second-order valence-corrected chi connectivity index (χ2v) is 5.77. The number of amides is 2. The molecule has 29 heavy (non-hydrogen) atoms. The number of nitrogens with one attached hydrogen (secondary N) is 2. The summed E-state index contributed by atoms with van der Waals surface area (Å²) >= 11 is 0. The summed E-state index contributed by atoms with van der Waals surface area (Å²) in [5, 5.41) is 0. The zero-order valence-corrected chi connectivity index (χ0v) is 16.5. The molecule has 2 aromatic rings. The number of hydrogen-bond donors (Lipinski definition) is 2. The molecule has 2 amide bonds. The second-order valence-electron chi connectivity index (χ2n) is 5.77. The first-order valence-electron chi connectivity index (χ1n) is 8.57. The highest BCUT2D eigenvalue weighted by atomic mass is 16.6. The van der Waals surface area contributed by atoms with Gasteiger partial charge in [-0.1, -0.05) is 18.2 Å². The van der Waals surface area contributed by atoms with Crippen molar-refractivity contribution in [2.75, 3.05) is 21.3 Å². The van der Waals surface area contributed by atoms with Gasteiger partial charge >= 0.3 is 5.97 Å². The van der Waals surface area contributed by atoms with E-state index < -0.39 is 23.9 Å². The molecule has 0 aliphatic heterocycles. The first kappa shape index (κ1) is 21.5. The van der Waals surface area contributed by atoms with E-state index in [1.54, 1.807) is 30.3 Å². The Balaban J connectivity index is 2.01. The minimum atomic E-state index is -1.17. The summed E-state index contributed by atoms with van der Waals surface area (Å²) < 4.78 is 20.7. The summed E-state index contributed by atoms with van der Waals surface area (Å²) in [6, 6.07) is 11.2. The summed E-state index contributed by atoms with van der Waals surface area (Å²) in [7, 11) is 4.27. The molecule has 0 heterocycles. The Morgan fingerprint density at radius 3 is 1.93 bits per heavy atom. The summed E-state index contributed by atoms with van der Waals surface area (Å²) in [4.78, 5) is 36.5. The maximum atomic E-state index is 12.4. The minimum absolute atomic E-state index is 0.104. The zero-order valence-electron chi connectivity index (χ0n) is 16.5. The predicted molar refractivity (Wildman–Crippen MR) is 103 cm³/mol. The highest BCUT2D eigenvalue weighted by molar-refractivity contribution is 5.96. The van der Waals surface area contributed by atoms with Crippen LogP contribution in [0.1, 0.15) is 27.6 Å². The molecule has 2 rings (SSSR count). The van der Waals surface area contributed by atoms with Crippen LogP contribution in [0.4, 0.5) is 0 Å². The molecule has 0 fully saturated rings. The van der Waals surface area contributed by atoms with Crippen LogP contribution in [-0.4, -0.2) is 45.2 Å². The van der Waals surface area contributed by atoms with E-state index in [9.17, 15) is 14.4 Å². The molecule has 0 unspecified atom stereocenters. The molecular formula is C20H22N2O7. The van der Waals surface area contributed by atoms with Crippen LogP contribution >= 0.6 is 0 Å². The minimum Gasteiger partial charge on any atom is -0.493 e. The third-order valence-corrected chi connectivity index (χ3v) is 3.89. The van der Waals surface area contributed by atoms with E-state index in [1.165, 1.54) is 40.4 Å². The standard InChI is InChI=1S/C20H22N2O7/c1-12(18(23)21-22-19(24)13-8-6-5-7-9-13)29-20(25)14-10-15(26-2)17(28-4)16(11-14)27-3/h5-12H,1-4H3,(H,21,23)(H,22,24)/t12-/m1/s1. The third-order valence-electron chi connectivity index (χ3n) is 3.89. The monoisotopic (exact) mass is 402 g/mol. The average Bonchev–Trinajstić information content (AvgIpc) is 2.76. The molecule has 2 aromatic carbocycles. The van der Waals surface area contributed by atoms with Crippen molar-refractivity contribution in [2.45, 2.75) is 13.0 Å². The molecule has 0 aliphatic carbocycles. The zero-order chi connectivity index (χ0) is 21.4. The van der Waals surface area contributed by atoms with Crippen LogP contribution in [0, 0.1) is 0 Å². The normalized spacial score (nSPS) is 11.0. The first-order chi connectivity index (χ1) is 13.9. The van der Waals surface area contributed by atoms with Crippen LogP contribution < -0.4 is 25.1 Å². The Kier molecular flexibility index (Phi) is 7.41. The molecular weight excluding hydrogens is 380 g/mol. The van der Waals surface area contributed by atoms with E-state index in [2.05, 4.69) is 10.9 Å². The summed E-state index contributed by atoms with van der Waals surface area (Å²) in [6.45, 7) is 1.37. The molecule has 0 aromatic heterocycles. The maximum absolute atomic E-state index is 12.4. The van der Waals surface area contributed by atoms with Gasteiger partial charge in [0.25, 0.3) is 11.8 Å². The van der Waals surface area contributed by atoms with Crippen molar-refractivity contribution in [1.29, 1.82) is 0 Å². The molecule has 0 saturated carbocycles. The summed E-state index contributed by atoms with van der Waals surface area (Å²) in [6.07, 6.45) is -1.17. The lowest BCUT2D eigenvalue weighted by molar-refractivity contribution is -0.129. The Hall–Kier alpha value is -3.75. The Morgan fingerprint density at radius 2 is 1.41 bits per heavy atom. The van der Waals surface area contributed by atoms with Gasteiger partial charge in [0, 0.05) is 5.56 Å². The lowest BCUT2D eigenvalue weighted by Gasteiger charge is -2.16. The van der Waals surface area contributed by atoms with E-state index in [4.69, 9.17) is 18.9 Å². The van der Waals surface area contributed by atoms with Crippen molar-refractivity contribution in [3.05, 3.63) is 53.6 Å². The molecule has 0 radical (unpaired) electrons. The third kappa shape index (κ3) is 5.38. The lowest BCUT2D eigenvalue weighted by atomic mass is 10.2. The van der Waals surface area contributed by atoms with Crippen molar-refractivity contribution in [1.82, 2.24) is 10.9 Å². The van der Waals surface area contributed by atoms with E-state index in [-0.39, 0.29) is 17.1 Å². The van der Waals surface area contributed by atoms with E-state index in [1.807, 2.05) is 0 Å². The van der Waals surface area contributed by atoms with E-state index >= 15 is 0 Å². The fraction of sp³-hybridized carbons (Fsp3) is 0.250. The first-order valence-corrected chi connectivity index (χ1v) is 8.57. The van der Waals surface area contributed by atoms with Gasteiger partial charge in [0.15, 0.2) is 17.6 Å². The van der Waals surface area contributed by atoms with Gasteiger partial charge in [0.05, 0.1) is 26.9 Å². The van der Waals surface area contributed by atoms with Gasteiger partial charge in [-0.2, -0.15) is 0 Å². The topological polar surface area (TPSA) is 112 Å². The highest BCUT2D eigenvalue weighted by Gasteiger charge is 2.22. The number of benzene rings is 2. The van der Waals surface area contributed by atoms with Gasteiger partial charge in [0.2, 0.25) is 5.75 Å². The molecule has 0 saturated heterocycles. The Labute approximate surface area is 167 Å². The second kappa shape index (κ2) is 9.98. The van der Waals surface area contributed by atoms with Crippen molar-refractivity contribution < 1.29 is 33.3 Å². The van der Waals surface area contributed by atoms with E-state index in [0.717, 1.165) is 0 Å². The van der Waals surface area contributed by atoms with Gasteiger partial charge in [-0.3, -0.25) is 20.4 Å². The molecule has 9 heteroatoms. The molecule has 0 bridgehead atoms. The van der Waals surface area contributed by atoms with Gasteiger partial charge in [-0.05, 0) is 31.2 Å². The van der Waals surface area contributed by atoms with Crippen molar-refractivity contribution in [3.8, 4) is 17.2 Å². The van der Waals surface area contributed by atoms with Gasteiger partial charge < -0.3 is 18.9 Å².